The molecule has 0 aromatic carbocycles. The fraction of sp³-hybridized carbons (Fsp3) is 0.867. The Balaban J connectivity index is 1.97. The van der Waals surface area contributed by atoms with Gasteiger partial charge >= 0.3 is 0 Å². The van der Waals surface area contributed by atoms with Crippen molar-refractivity contribution in [2.75, 3.05) is 32.5 Å². The maximum atomic E-state index is 5.32. The zero-order chi connectivity index (χ0) is 14.8. The molecule has 1 heterocycles. The zero-order valence-electron chi connectivity index (χ0n) is 13.5. The van der Waals surface area contributed by atoms with E-state index < -0.39 is 0 Å². The molecule has 114 valence electrons. The Morgan fingerprint density at radius 2 is 1.90 bits per heavy atom. The normalized spacial score (nSPS) is 18.7. The molecule has 1 saturated carbocycles. The van der Waals surface area contributed by atoms with Gasteiger partial charge in [-0.2, -0.15) is 4.98 Å². The van der Waals surface area contributed by atoms with Gasteiger partial charge in [0.05, 0.1) is 0 Å². The quantitative estimate of drug-likeness (QED) is 0.898. The first-order chi connectivity index (χ1) is 9.31. The van der Waals surface area contributed by atoms with Crippen molar-refractivity contribution >= 4 is 5.95 Å². The van der Waals surface area contributed by atoms with Crippen molar-refractivity contribution in [3.63, 3.8) is 0 Å². The summed E-state index contributed by atoms with van der Waals surface area (Å²) in [5.74, 6) is 1.31. The standard InChI is InChI=1S/C15H28N4O/c1-14(2,3)12-17-13(18-20-12)16-10-15(11-19(4)5)8-6-7-9-15/h6-11H2,1-5H3,(H,16,18). The van der Waals surface area contributed by atoms with Gasteiger partial charge in [-0.1, -0.05) is 33.6 Å². The number of nitrogens with zero attached hydrogens (tertiary/aromatic N) is 3. The zero-order valence-corrected chi connectivity index (χ0v) is 13.5. The number of hydrogen-bond donors (Lipinski definition) is 1. The average molecular weight is 280 g/mol. The van der Waals surface area contributed by atoms with Crippen LogP contribution in [0, 0.1) is 5.41 Å². The van der Waals surface area contributed by atoms with Gasteiger partial charge < -0.3 is 14.7 Å². The molecule has 0 saturated heterocycles. The molecule has 1 fully saturated rings. The number of rotatable bonds is 5. The molecule has 0 aliphatic heterocycles. The molecule has 0 bridgehead atoms. The molecule has 1 aromatic rings. The highest BCUT2D eigenvalue weighted by molar-refractivity contribution is 5.23. The van der Waals surface area contributed by atoms with Gasteiger partial charge in [0.25, 0.3) is 5.95 Å². The van der Waals surface area contributed by atoms with Crippen molar-refractivity contribution < 1.29 is 4.52 Å². The Bertz CT molecular complexity index is 427. The van der Waals surface area contributed by atoms with Crippen LogP contribution in [0.3, 0.4) is 0 Å². The second kappa shape index (κ2) is 5.72. The van der Waals surface area contributed by atoms with Gasteiger partial charge in [-0.05, 0) is 32.1 Å². The van der Waals surface area contributed by atoms with Crippen molar-refractivity contribution in [2.45, 2.75) is 51.9 Å². The maximum absolute atomic E-state index is 5.32. The molecule has 1 aliphatic rings. The number of hydrogen-bond acceptors (Lipinski definition) is 5. The van der Waals surface area contributed by atoms with Crippen molar-refractivity contribution in [1.82, 2.24) is 15.0 Å². The van der Waals surface area contributed by atoms with Crippen molar-refractivity contribution in [3.8, 4) is 0 Å². The molecule has 1 N–H and O–H groups in total. The summed E-state index contributed by atoms with van der Waals surface area (Å²) in [6.07, 6.45) is 5.22. The summed E-state index contributed by atoms with van der Waals surface area (Å²) < 4.78 is 5.32. The molecule has 5 heteroatoms. The van der Waals surface area contributed by atoms with Crippen molar-refractivity contribution in [3.05, 3.63) is 5.89 Å². The van der Waals surface area contributed by atoms with E-state index in [0.717, 1.165) is 13.1 Å². The highest BCUT2D eigenvalue weighted by atomic mass is 16.5. The number of anilines is 1. The van der Waals surface area contributed by atoms with Crippen molar-refractivity contribution in [1.29, 1.82) is 0 Å². The lowest BCUT2D eigenvalue weighted by molar-refractivity contribution is 0.215. The molecular formula is C15H28N4O. The average Bonchev–Trinajstić information content (AvgIpc) is 2.93. The monoisotopic (exact) mass is 280 g/mol. The smallest absolute Gasteiger partial charge is 0.263 e. The first kappa shape index (κ1) is 15.3. The number of aromatic nitrogens is 2. The van der Waals surface area contributed by atoms with Crippen LogP contribution in [0.25, 0.3) is 0 Å². The molecule has 0 atom stereocenters. The van der Waals surface area contributed by atoms with Crippen LogP contribution in [-0.2, 0) is 5.41 Å². The molecule has 0 spiro atoms. The molecule has 0 amide bonds. The third kappa shape index (κ3) is 3.72. The van der Waals surface area contributed by atoms with E-state index in [1.807, 2.05) is 0 Å². The number of nitrogens with one attached hydrogen (secondary N) is 1. The molecule has 5 nitrogen and oxygen atoms in total. The van der Waals surface area contributed by atoms with Gasteiger partial charge in [0.1, 0.15) is 0 Å². The van der Waals surface area contributed by atoms with Crippen LogP contribution in [0.4, 0.5) is 5.95 Å². The van der Waals surface area contributed by atoms with Gasteiger partial charge in [-0.3, -0.25) is 0 Å². The minimum atomic E-state index is -0.0956. The predicted octanol–water partition coefficient (Wildman–Crippen LogP) is 2.90. The van der Waals surface area contributed by atoms with Crippen LogP contribution in [0.15, 0.2) is 4.52 Å². The highest BCUT2D eigenvalue weighted by Gasteiger charge is 2.34. The van der Waals surface area contributed by atoms with Gasteiger partial charge in [-0.25, -0.2) is 0 Å². The van der Waals surface area contributed by atoms with E-state index in [9.17, 15) is 0 Å². The summed E-state index contributed by atoms with van der Waals surface area (Å²) in [6, 6.07) is 0. The topological polar surface area (TPSA) is 54.2 Å². The molecule has 1 aromatic heterocycles. The molecule has 1 aliphatic carbocycles. The van der Waals surface area contributed by atoms with E-state index in [4.69, 9.17) is 4.52 Å². The molecular weight excluding hydrogens is 252 g/mol. The van der Waals surface area contributed by atoms with Gasteiger partial charge in [0.2, 0.25) is 5.89 Å². The fourth-order valence-corrected chi connectivity index (χ4v) is 3.05. The molecule has 2 rings (SSSR count). The lowest BCUT2D eigenvalue weighted by atomic mass is 9.85. The molecule has 0 radical (unpaired) electrons. The van der Waals surface area contributed by atoms with Crippen molar-refractivity contribution in [2.24, 2.45) is 5.41 Å². The predicted molar refractivity (Wildman–Crippen MR) is 80.9 cm³/mol. The van der Waals surface area contributed by atoms with Gasteiger partial charge in [0, 0.05) is 23.9 Å². The third-order valence-corrected chi connectivity index (χ3v) is 4.00. The maximum Gasteiger partial charge on any atom is 0.263 e. The Morgan fingerprint density at radius 1 is 1.25 bits per heavy atom. The van der Waals surface area contributed by atoms with E-state index in [0.29, 0.717) is 17.3 Å². The summed E-state index contributed by atoms with van der Waals surface area (Å²) in [5, 5.41) is 7.43. The largest absolute Gasteiger partial charge is 0.351 e. The third-order valence-electron chi connectivity index (χ3n) is 4.00. The Hall–Kier alpha value is -1.10. The highest BCUT2D eigenvalue weighted by Crippen LogP contribution is 2.38. The SMILES string of the molecule is CN(C)CC1(CNc2noc(C(C)(C)C)n2)CCCC1. The van der Waals surface area contributed by atoms with E-state index in [2.05, 4.69) is 55.2 Å². The van der Waals surface area contributed by atoms with E-state index in [-0.39, 0.29) is 5.41 Å². The lowest BCUT2D eigenvalue weighted by Gasteiger charge is -2.32. The summed E-state index contributed by atoms with van der Waals surface area (Å²) in [7, 11) is 4.29. The van der Waals surface area contributed by atoms with E-state index in [1.54, 1.807) is 0 Å². The minimum absolute atomic E-state index is 0.0956. The summed E-state index contributed by atoms with van der Waals surface area (Å²) >= 11 is 0. The lowest BCUT2D eigenvalue weighted by Crippen LogP contribution is -2.37. The summed E-state index contributed by atoms with van der Waals surface area (Å²) in [5.41, 5.74) is 0.258. The molecule has 20 heavy (non-hydrogen) atoms. The van der Waals surface area contributed by atoms with Crippen LogP contribution in [0.2, 0.25) is 0 Å². The van der Waals surface area contributed by atoms with E-state index >= 15 is 0 Å². The van der Waals surface area contributed by atoms with Gasteiger partial charge in [0.15, 0.2) is 0 Å². The summed E-state index contributed by atoms with van der Waals surface area (Å²) in [6.45, 7) is 8.27. The fourth-order valence-electron chi connectivity index (χ4n) is 3.05. The Labute approximate surface area is 122 Å². The Morgan fingerprint density at radius 3 is 2.40 bits per heavy atom. The molecule has 0 unspecified atom stereocenters. The van der Waals surface area contributed by atoms with Crippen LogP contribution < -0.4 is 5.32 Å². The first-order valence-electron chi connectivity index (χ1n) is 7.54. The van der Waals surface area contributed by atoms with Crippen LogP contribution in [0.1, 0.15) is 52.3 Å². The second-order valence-electron chi connectivity index (χ2n) is 7.47. The summed E-state index contributed by atoms with van der Waals surface area (Å²) in [4.78, 5) is 6.73. The van der Waals surface area contributed by atoms with E-state index in [1.165, 1.54) is 25.7 Å². The van der Waals surface area contributed by atoms with Crippen LogP contribution >= 0.6 is 0 Å². The first-order valence-corrected chi connectivity index (χ1v) is 7.54. The van der Waals surface area contributed by atoms with Crippen LogP contribution in [-0.4, -0.2) is 42.2 Å². The van der Waals surface area contributed by atoms with Gasteiger partial charge in [-0.15, -0.1) is 0 Å². The minimum Gasteiger partial charge on any atom is -0.351 e. The second-order valence-corrected chi connectivity index (χ2v) is 7.47. The van der Waals surface area contributed by atoms with Crippen LogP contribution in [0.5, 0.6) is 0 Å². The Kier molecular flexibility index (Phi) is 4.37.